The quantitative estimate of drug-likeness (QED) is 0.781. The van der Waals surface area contributed by atoms with Crippen LogP contribution >= 0.6 is 11.3 Å². The van der Waals surface area contributed by atoms with Gasteiger partial charge >= 0.3 is 12.1 Å². The maximum atomic E-state index is 12.0. The van der Waals surface area contributed by atoms with E-state index in [-0.39, 0.29) is 18.0 Å². The first-order valence-electron chi connectivity index (χ1n) is 7.32. The van der Waals surface area contributed by atoms with Gasteiger partial charge in [-0.05, 0) is 33.6 Å². The van der Waals surface area contributed by atoms with E-state index in [4.69, 9.17) is 9.47 Å². The summed E-state index contributed by atoms with van der Waals surface area (Å²) in [5.74, 6) is -0.0722. The van der Waals surface area contributed by atoms with Crippen LogP contribution in [0.1, 0.15) is 54.2 Å². The third kappa shape index (κ3) is 4.19. The van der Waals surface area contributed by atoms with Gasteiger partial charge in [0.1, 0.15) is 10.5 Å². The van der Waals surface area contributed by atoms with Crippen LogP contribution in [0.15, 0.2) is 6.20 Å². The summed E-state index contributed by atoms with van der Waals surface area (Å²) >= 11 is 1.37. The van der Waals surface area contributed by atoms with Crippen molar-refractivity contribution in [2.45, 2.75) is 45.1 Å². The van der Waals surface area contributed by atoms with Crippen molar-refractivity contribution in [1.82, 2.24) is 9.88 Å². The number of hydrogen-bond acceptors (Lipinski definition) is 6. The molecule has 0 aliphatic carbocycles. The summed E-state index contributed by atoms with van der Waals surface area (Å²) in [4.78, 5) is 30.1. The van der Waals surface area contributed by atoms with Crippen LogP contribution in [0.4, 0.5) is 4.79 Å². The fourth-order valence-electron chi connectivity index (χ4n) is 2.31. The second-order valence-electron chi connectivity index (χ2n) is 6.30. The Morgan fingerprint density at radius 2 is 1.95 bits per heavy atom. The number of esters is 1. The number of likely N-dealkylation sites (tertiary alicyclic amines) is 1. The molecule has 2 rings (SSSR count). The molecule has 1 aromatic rings. The van der Waals surface area contributed by atoms with Gasteiger partial charge in [-0.3, -0.25) is 0 Å². The molecule has 0 N–H and O–H groups in total. The molecule has 1 saturated heterocycles. The predicted octanol–water partition coefficient (Wildman–Crippen LogP) is 3.04. The Morgan fingerprint density at radius 1 is 1.32 bits per heavy atom. The number of aromatic nitrogens is 1. The average molecular weight is 326 g/mol. The average Bonchev–Trinajstić information content (AvgIpc) is 2.94. The van der Waals surface area contributed by atoms with Crippen LogP contribution in [0.25, 0.3) is 0 Å². The molecule has 122 valence electrons. The lowest BCUT2D eigenvalue weighted by atomic mass is 9.98. The molecule has 1 amide bonds. The molecule has 0 spiro atoms. The van der Waals surface area contributed by atoms with Crippen LogP contribution in [-0.4, -0.2) is 47.7 Å². The van der Waals surface area contributed by atoms with Crippen LogP contribution in [0.3, 0.4) is 0 Å². The van der Waals surface area contributed by atoms with Gasteiger partial charge in [0, 0.05) is 19.0 Å². The summed E-state index contributed by atoms with van der Waals surface area (Å²) in [6.07, 6.45) is 2.95. The van der Waals surface area contributed by atoms with Gasteiger partial charge in [0.2, 0.25) is 0 Å². The molecule has 6 nitrogen and oxygen atoms in total. The minimum atomic E-state index is -0.474. The van der Waals surface area contributed by atoms with Crippen molar-refractivity contribution in [2.24, 2.45) is 0 Å². The minimum absolute atomic E-state index is 0.264. The molecule has 7 heteroatoms. The van der Waals surface area contributed by atoms with Gasteiger partial charge in [0.05, 0.1) is 18.3 Å². The van der Waals surface area contributed by atoms with E-state index in [1.807, 2.05) is 20.8 Å². The van der Waals surface area contributed by atoms with Gasteiger partial charge in [-0.25, -0.2) is 14.6 Å². The topological polar surface area (TPSA) is 68.7 Å². The molecule has 0 saturated carbocycles. The van der Waals surface area contributed by atoms with E-state index < -0.39 is 5.60 Å². The maximum absolute atomic E-state index is 12.0. The highest BCUT2D eigenvalue weighted by Crippen LogP contribution is 2.31. The fraction of sp³-hybridized carbons (Fsp3) is 0.667. The second kappa shape index (κ2) is 6.64. The molecule has 0 atom stereocenters. The maximum Gasteiger partial charge on any atom is 0.410 e. The Balaban J connectivity index is 1.91. The molecule has 2 heterocycles. The number of ether oxygens (including phenoxy) is 2. The van der Waals surface area contributed by atoms with Crippen LogP contribution in [0, 0.1) is 0 Å². The van der Waals surface area contributed by atoms with E-state index in [1.165, 1.54) is 18.4 Å². The number of rotatable bonds is 2. The van der Waals surface area contributed by atoms with E-state index in [1.54, 1.807) is 11.1 Å². The summed E-state index contributed by atoms with van der Waals surface area (Å²) in [7, 11) is 1.36. The first-order chi connectivity index (χ1) is 10.3. The summed E-state index contributed by atoms with van der Waals surface area (Å²) < 4.78 is 10.1. The molecule has 0 bridgehead atoms. The molecular weight excluding hydrogens is 304 g/mol. The van der Waals surface area contributed by atoms with Crippen LogP contribution in [0.5, 0.6) is 0 Å². The number of nitrogens with zero attached hydrogens (tertiary/aromatic N) is 2. The lowest BCUT2D eigenvalue weighted by Gasteiger charge is -2.32. The number of hydrogen-bond donors (Lipinski definition) is 0. The smallest absolute Gasteiger partial charge is 0.410 e. The standard InChI is InChI=1S/C15H22N2O4S/c1-15(2,3)21-14(19)17-7-5-10(6-8-17)12-16-9-11(22-12)13(18)20-4/h9-10H,5-8H2,1-4H3. The van der Waals surface area contributed by atoms with E-state index in [0.717, 1.165) is 17.8 Å². The van der Waals surface area contributed by atoms with Crippen molar-refractivity contribution in [2.75, 3.05) is 20.2 Å². The third-order valence-corrected chi connectivity index (χ3v) is 4.55. The van der Waals surface area contributed by atoms with E-state index in [9.17, 15) is 9.59 Å². The monoisotopic (exact) mass is 326 g/mol. The number of piperidine rings is 1. The summed E-state index contributed by atoms with van der Waals surface area (Å²) in [6, 6.07) is 0. The highest BCUT2D eigenvalue weighted by Gasteiger charge is 2.29. The molecule has 1 aromatic heterocycles. The fourth-order valence-corrected chi connectivity index (χ4v) is 3.31. The number of carbonyl (C=O) groups excluding carboxylic acids is 2. The molecule has 1 aliphatic heterocycles. The van der Waals surface area contributed by atoms with Crippen molar-refractivity contribution in [3.05, 3.63) is 16.1 Å². The molecule has 22 heavy (non-hydrogen) atoms. The number of carbonyl (C=O) groups is 2. The zero-order valence-corrected chi connectivity index (χ0v) is 14.2. The molecular formula is C15H22N2O4S. The number of thiazole rings is 1. The Labute approximate surface area is 134 Å². The Hall–Kier alpha value is -1.63. The summed E-state index contributed by atoms with van der Waals surface area (Å²) in [6.45, 7) is 6.88. The van der Waals surface area contributed by atoms with Crippen molar-refractivity contribution in [3.63, 3.8) is 0 Å². The molecule has 0 radical (unpaired) electrons. The van der Waals surface area contributed by atoms with Crippen molar-refractivity contribution >= 4 is 23.4 Å². The first kappa shape index (κ1) is 16.7. The molecule has 0 aromatic carbocycles. The minimum Gasteiger partial charge on any atom is -0.465 e. The number of methoxy groups -OCH3 is 1. The highest BCUT2D eigenvalue weighted by molar-refractivity contribution is 7.13. The van der Waals surface area contributed by atoms with E-state index in [0.29, 0.717) is 18.0 Å². The van der Waals surface area contributed by atoms with Gasteiger partial charge in [-0.1, -0.05) is 0 Å². The predicted molar refractivity (Wildman–Crippen MR) is 83.2 cm³/mol. The first-order valence-corrected chi connectivity index (χ1v) is 8.14. The van der Waals surface area contributed by atoms with Gasteiger partial charge in [-0.15, -0.1) is 11.3 Å². The van der Waals surface area contributed by atoms with Crippen molar-refractivity contribution in [3.8, 4) is 0 Å². The highest BCUT2D eigenvalue weighted by atomic mass is 32.1. The molecule has 1 aliphatic rings. The van der Waals surface area contributed by atoms with Crippen molar-refractivity contribution in [1.29, 1.82) is 0 Å². The van der Waals surface area contributed by atoms with Gasteiger partial charge in [-0.2, -0.15) is 0 Å². The lowest BCUT2D eigenvalue weighted by Crippen LogP contribution is -2.41. The zero-order chi connectivity index (χ0) is 16.3. The second-order valence-corrected chi connectivity index (χ2v) is 7.36. The van der Waals surface area contributed by atoms with Crippen LogP contribution in [0.2, 0.25) is 0 Å². The lowest BCUT2D eigenvalue weighted by molar-refractivity contribution is 0.0204. The summed E-state index contributed by atoms with van der Waals surface area (Å²) in [5, 5.41) is 0.934. The normalized spacial score (nSPS) is 16.5. The Morgan fingerprint density at radius 3 is 2.50 bits per heavy atom. The van der Waals surface area contributed by atoms with Gasteiger partial charge < -0.3 is 14.4 Å². The van der Waals surface area contributed by atoms with Crippen LogP contribution in [-0.2, 0) is 9.47 Å². The van der Waals surface area contributed by atoms with Gasteiger partial charge in [0.25, 0.3) is 0 Å². The van der Waals surface area contributed by atoms with Crippen LogP contribution < -0.4 is 0 Å². The van der Waals surface area contributed by atoms with E-state index in [2.05, 4.69) is 4.98 Å². The zero-order valence-electron chi connectivity index (χ0n) is 13.4. The van der Waals surface area contributed by atoms with Crippen molar-refractivity contribution < 1.29 is 19.1 Å². The molecule has 0 unspecified atom stereocenters. The molecule has 1 fully saturated rings. The number of amides is 1. The Bertz CT molecular complexity index is 542. The largest absolute Gasteiger partial charge is 0.465 e. The SMILES string of the molecule is COC(=O)c1cnc(C2CCN(C(=O)OC(C)(C)C)CC2)s1. The summed E-state index contributed by atoms with van der Waals surface area (Å²) in [5.41, 5.74) is -0.474. The third-order valence-electron chi connectivity index (χ3n) is 3.41. The Kier molecular flexibility index (Phi) is 5.05. The van der Waals surface area contributed by atoms with Gasteiger partial charge in [0.15, 0.2) is 0 Å². The van der Waals surface area contributed by atoms with E-state index >= 15 is 0 Å².